The summed E-state index contributed by atoms with van der Waals surface area (Å²) in [5.74, 6) is 0.839. The Morgan fingerprint density at radius 3 is 2.22 bits per heavy atom. The summed E-state index contributed by atoms with van der Waals surface area (Å²) in [6.07, 6.45) is 0. The van der Waals surface area contributed by atoms with E-state index in [4.69, 9.17) is 4.74 Å². The number of hydrogen-bond acceptors (Lipinski definition) is 2. The fraction of sp³-hybridized carbons (Fsp3) is 0.316. The molecular weight excluding hydrogens is 288 g/mol. The molecule has 122 valence electrons. The smallest absolute Gasteiger partial charge is 0.319 e. The topological polar surface area (TPSA) is 50.4 Å². The second-order valence-electron chi connectivity index (χ2n) is 5.66. The Morgan fingerprint density at radius 1 is 1.04 bits per heavy atom. The average molecular weight is 312 g/mol. The van der Waals surface area contributed by atoms with Crippen LogP contribution in [0.25, 0.3) is 0 Å². The van der Waals surface area contributed by atoms with Crippen molar-refractivity contribution in [3.05, 3.63) is 58.7 Å². The maximum Gasteiger partial charge on any atom is 0.319 e. The van der Waals surface area contributed by atoms with E-state index >= 15 is 0 Å². The van der Waals surface area contributed by atoms with Gasteiger partial charge in [0.1, 0.15) is 5.75 Å². The summed E-state index contributed by atoms with van der Waals surface area (Å²) in [4.78, 5) is 12.1. The zero-order valence-corrected chi connectivity index (χ0v) is 14.2. The van der Waals surface area contributed by atoms with E-state index in [0.717, 1.165) is 28.1 Å². The van der Waals surface area contributed by atoms with E-state index < -0.39 is 0 Å². The summed E-state index contributed by atoms with van der Waals surface area (Å²) >= 11 is 0. The molecule has 0 saturated carbocycles. The lowest BCUT2D eigenvalue weighted by molar-refractivity contribution is 0.251. The predicted octanol–water partition coefficient (Wildman–Crippen LogP) is 4.33. The minimum Gasteiger partial charge on any atom is -0.494 e. The lowest BCUT2D eigenvalue weighted by atomic mass is 10.1. The Hall–Kier alpha value is -2.49. The molecule has 2 rings (SSSR count). The second kappa shape index (κ2) is 7.68. The van der Waals surface area contributed by atoms with Crippen molar-refractivity contribution in [2.45, 2.75) is 34.2 Å². The highest BCUT2D eigenvalue weighted by molar-refractivity contribution is 5.91. The number of benzene rings is 2. The van der Waals surface area contributed by atoms with Gasteiger partial charge in [-0.25, -0.2) is 4.79 Å². The van der Waals surface area contributed by atoms with Crippen molar-refractivity contribution in [1.82, 2.24) is 5.32 Å². The van der Waals surface area contributed by atoms with E-state index in [9.17, 15) is 4.79 Å². The average Bonchev–Trinajstić information content (AvgIpc) is 2.50. The molecule has 2 aromatic carbocycles. The molecule has 0 unspecified atom stereocenters. The fourth-order valence-corrected chi connectivity index (χ4v) is 2.59. The van der Waals surface area contributed by atoms with E-state index in [0.29, 0.717) is 13.2 Å². The summed E-state index contributed by atoms with van der Waals surface area (Å²) in [5.41, 5.74) is 5.23. The third kappa shape index (κ3) is 4.74. The van der Waals surface area contributed by atoms with Crippen LogP contribution in [0.5, 0.6) is 5.75 Å². The van der Waals surface area contributed by atoms with Crippen LogP contribution in [0.3, 0.4) is 0 Å². The number of carbonyl (C=O) groups excluding carboxylic acids is 1. The van der Waals surface area contributed by atoms with E-state index in [-0.39, 0.29) is 6.03 Å². The minimum atomic E-state index is -0.200. The van der Waals surface area contributed by atoms with Gasteiger partial charge in [0.25, 0.3) is 0 Å². The summed E-state index contributed by atoms with van der Waals surface area (Å²) < 4.78 is 5.40. The Kier molecular flexibility index (Phi) is 5.63. The van der Waals surface area contributed by atoms with Gasteiger partial charge in [-0.2, -0.15) is 0 Å². The fourth-order valence-electron chi connectivity index (χ4n) is 2.59. The van der Waals surface area contributed by atoms with E-state index in [2.05, 4.69) is 29.7 Å². The van der Waals surface area contributed by atoms with Crippen LogP contribution in [0.4, 0.5) is 10.5 Å². The molecule has 0 heterocycles. The van der Waals surface area contributed by atoms with E-state index in [1.54, 1.807) is 0 Å². The number of amides is 2. The second-order valence-corrected chi connectivity index (χ2v) is 5.66. The molecule has 2 amide bonds. The number of urea groups is 1. The van der Waals surface area contributed by atoms with Crippen LogP contribution in [0, 0.1) is 20.8 Å². The highest BCUT2D eigenvalue weighted by atomic mass is 16.5. The van der Waals surface area contributed by atoms with E-state index in [1.165, 1.54) is 5.56 Å². The summed E-state index contributed by atoms with van der Waals surface area (Å²) in [5, 5.41) is 5.81. The molecule has 0 radical (unpaired) electrons. The van der Waals surface area contributed by atoms with Crippen LogP contribution in [-0.2, 0) is 6.54 Å². The molecule has 0 spiro atoms. The van der Waals surface area contributed by atoms with Crippen LogP contribution in [0.2, 0.25) is 0 Å². The molecule has 0 saturated heterocycles. The summed E-state index contributed by atoms with van der Waals surface area (Å²) in [6, 6.07) is 11.7. The lowest BCUT2D eigenvalue weighted by Gasteiger charge is -2.13. The van der Waals surface area contributed by atoms with Crippen molar-refractivity contribution in [3.8, 4) is 5.75 Å². The Morgan fingerprint density at radius 2 is 1.65 bits per heavy atom. The Labute approximate surface area is 137 Å². The lowest BCUT2D eigenvalue weighted by Crippen LogP contribution is -2.28. The molecule has 0 aliphatic rings. The van der Waals surface area contributed by atoms with Gasteiger partial charge in [0.05, 0.1) is 6.61 Å². The first kappa shape index (κ1) is 16.9. The number of ether oxygens (including phenoxy) is 1. The third-order valence-electron chi connectivity index (χ3n) is 3.60. The third-order valence-corrected chi connectivity index (χ3v) is 3.60. The SMILES string of the molecule is CCOc1ccc(CNC(=O)Nc2c(C)cc(C)cc2C)cc1. The quantitative estimate of drug-likeness (QED) is 0.863. The molecule has 0 aliphatic carbocycles. The molecule has 0 fully saturated rings. The number of aryl methyl sites for hydroxylation is 3. The van der Waals surface area contributed by atoms with Gasteiger partial charge in [0, 0.05) is 12.2 Å². The van der Waals surface area contributed by atoms with Crippen molar-refractivity contribution in [1.29, 1.82) is 0 Å². The molecule has 2 N–H and O–H groups in total. The van der Waals surface area contributed by atoms with Crippen LogP contribution >= 0.6 is 0 Å². The summed E-state index contributed by atoms with van der Waals surface area (Å²) in [6.45, 7) is 9.13. The monoisotopic (exact) mass is 312 g/mol. The van der Waals surface area contributed by atoms with Gasteiger partial charge in [-0.05, 0) is 56.5 Å². The molecule has 4 heteroatoms. The van der Waals surface area contributed by atoms with Crippen LogP contribution in [0.1, 0.15) is 29.2 Å². The van der Waals surface area contributed by atoms with Gasteiger partial charge in [0.15, 0.2) is 0 Å². The first-order chi connectivity index (χ1) is 11.0. The largest absolute Gasteiger partial charge is 0.494 e. The molecule has 0 atom stereocenters. The molecule has 0 aromatic heterocycles. The summed E-state index contributed by atoms with van der Waals surface area (Å²) in [7, 11) is 0. The first-order valence-corrected chi connectivity index (χ1v) is 7.84. The van der Waals surface area contributed by atoms with E-state index in [1.807, 2.05) is 45.0 Å². The normalized spacial score (nSPS) is 10.3. The molecule has 2 aromatic rings. The van der Waals surface area contributed by atoms with Gasteiger partial charge < -0.3 is 15.4 Å². The highest BCUT2D eigenvalue weighted by Gasteiger charge is 2.08. The van der Waals surface area contributed by atoms with Gasteiger partial charge in [-0.15, -0.1) is 0 Å². The van der Waals surface area contributed by atoms with Crippen molar-refractivity contribution in [2.24, 2.45) is 0 Å². The number of rotatable bonds is 5. The van der Waals surface area contributed by atoms with Crippen molar-refractivity contribution in [3.63, 3.8) is 0 Å². The molecule has 0 bridgehead atoms. The maximum atomic E-state index is 12.1. The number of hydrogen-bond donors (Lipinski definition) is 2. The maximum absolute atomic E-state index is 12.1. The Balaban J connectivity index is 1.93. The van der Waals surface area contributed by atoms with Gasteiger partial charge in [-0.3, -0.25) is 0 Å². The highest BCUT2D eigenvalue weighted by Crippen LogP contribution is 2.21. The number of anilines is 1. The van der Waals surface area contributed by atoms with Crippen molar-refractivity contribution in [2.75, 3.05) is 11.9 Å². The van der Waals surface area contributed by atoms with Crippen LogP contribution in [-0.4, -0.2) is 12.6 Å². The minimum absolute atomic E-state index is 0.200. The first-order valence-electron chi connectivity index (χ1n) is 7.84. The zero-order chi connectivity index (χ0) is 16.8. The van der Waals surface area contributed by atoms with Crippen molar-refractivity contribution >= 4 is 11.7 Å². The van der Waals surface area contributed by atoms with Gasteiger partial charge >= 0.3 is 6.03 Å². The van der Waals surface area contributed by atoms with Crippen LogP contribution in [0.15, 0.2) is 36.4 Å². The standard InChI is InChI=1S/C19H24N2O2/c1-5-23-17-8-6-16(7-9-17)12-20-19(22)21-18-14(3)10-13(2)11-15(18)4/h6-11H,5,12H2,1-4H3,(H2,20,21,22). The molecular formula is C19H24N2O2. The molecule has 4 nitrogen and oxygen atoms in total. The molecule has 0 aliphatic heterocycles. The zero-order valence-electron chi connectivity index (χ0n) is 14.2. The van der Waals surface area contributed by atoms with Gasteiger partial charge in [0.2, 0.25) is 0 Å². The molecule has 23 heavy (non-hydrogen) atoms. The number of carbonyl (C=O) groups is 1. The van der Waals surface area contributed by atoms with Crippen LogP contribution < -0.4 is 15.4 Å². The van der Waals surface area contributed by atoms with Gasteiger partial charge in [-0.1, -0.05) is 29.8 Å². The number of nitrogens with one attached hydrogen (secondary N) is 2. The van der Waals surface area contributed by atoms with Crippen molar-refractivity contribution < 1.29 is 9.53 Å². The predicted molar refractivity (Wildman–Crippen MR) is 94.1 cm³/mol. The Bertz CT molecular complexity index is 655.